The van der Waals surface area contributed by atoms with Crippen molar-refractivity contribution < 1.29 is 4.74 Å². The van der Waals surface area contributed by atoms with Gasteiger partial charge in [-0.2, -0.15) is 0 Å². The third-order valence-corrected chi connectivity index (χ3v) is 5.89. The van der Waals surface area contributed by atoms with Crippen molar-refractivity contribution >= 4 is 11.6 Å². The molecule has 2 aliphatic rings. The molecule has 2 fully saturated rings. The molecule has 0 heterocycles. The van der Waals surface area contributed by atoms with E-state index in [1.54, 1.807) is 0 Å². The minimum absolute atomic E-state index is 0.433. The lowest BCUT2D eigenvalue weighted by Gasteiger charge is -2.37. The second-order valence-electron chi connectivity index (χ2n) is 7.16. The van der Waals surface area contributed by atoms with E-state index < -0.39 is 0 Å². The number of ether oxygens (including phenoxy) is 1. The summed E-state index contributed by atoms with van der Waals surface area (Å²) in [6.45, 7) is 0. The van der Waals surface area contributed by atoms with E-state index in [0.29, 0.717) is 12.0 Å². The predicted molar refractivity (Wildman–Crippen MR) is 93.6 cm³/mol. The Balaban J connectivity index is 1.71. The number of hydrogen-bond donors (Lipinski definition) is 0. The highest BCUT2D eigenvalue weighted by Gasteiger charge is 2.33. The predicted octanol–water partition coefficient (Wildman–Crippen LogP) is 6.33. The van der Waals surface area contributed by atoms with Gasteiger partial charge in [0.05, 0.1) is 0 Å². The molecule has 1 aromatic rings. The Morgan fingerprint density at radius 3 is 1.77 bits per heavy atom. The summed E-state index contributed by atoms with van der Waals surface area (Å²) in [5, 5.41) is 0. The first-order valence-corrected chi connectivity index (χ1v) is 9.72. The molecule has 2 heteroatoms. The molecule has 0 amide bonds. The van der Waals surface area contributed by atoms with Crippen LogP contribution in [0, 0.1) is 11.8 Å². The summed E-state index contributed by atoms with van der Waals surface area (Å²) in [4.78, 5) is 0. The lowest BCUT2D eigenvalue weighted by atomic mass is 9.75. The third kappa shape index (κ3) is 4.19. The van der Waals surface area contributed by atoms with E-state index in [9.17, 15) is 0 Å². The largest absolute Gasteiger partial charge is 0.490 e. The SMILES string of the molecule is ClCc1ccc(OC(C2CCCCC2)C2CCCCC2)cc1. The van der Waals surface area contributed by atoms with Gasteiger partial charge in [0.15, 0.2) is 0 Å². The van der Waals surface area contributed by atoms with Gasteiger partial charge in [0, 0.05) is 5.88 Å². The average molecular weight is 321 g/mol. The van der Waals surface area contributed by atoms with E-state index >= 15 is 0 Å². The van der Waals surface area contributed by atoms with Crippen LogP contribution in [-0.2, 0) is 5.88 Å². The van der Waals surface area contributed by atoms with Gasteiger partial charge in [0.2, 0.25) is 0 Å². The van der Waals surface area contributed by atoms with Gasteiger partial charge in [-0.1, -0.05) is 50.7 Å². The van der Waals surface area contributed by atoms with Gasteiger partial charge in [-0.25, -0.2) is 0 Å². The fourth-order valence-corrected chi connectivity index (χ4v) is 4.50. The fourth-order valence-electron chi connectivity index (χ4n) is 4.32. The molecular weight excluding hydrogens is 292 g/mol. The summed E-state index contributed by atoms with van der Waals surface area (Å²) in [7, 11) is 0. The second kappa shape index (κ2) is 8.24. The van der Waals surface area contributed by atoms with Crippen LogP contribution in [-0.4, -0.2) is 6.10 Å². The van der Waals surface area contributed by atoms with Gasteiger partial charge in [0.25, 0.3) is 0 Å². The van der Waals surface area contributed by atoms with E-state index in [2.05, 4.69) is 24.3 Å². The summed E-state index contributed by atoms with van der Waals surface area (Å²) in [6, 6.07) is 8.41. The summed E-state index contributed by atoms with van der Waals surface area (Å²) >= 11 is 5.89. The highest BCUT2D eigenvalue weighted by Crippen LogP contribution is 2.38. The molecule has 3 rings (SSSR count). The molecule has 0 unspecified atom stereocenters. The Morgan fingerprint density at radius 1 is 0.818 bits per heavy atom. The van der Waals surface area contributed by atoms with Gasteiger partial charge >= 0.3 is 0 Å². The number of rotatable bonds is 5. The third-order valence-electron chi connectivity index (χ3n) is 5.58. The van der Waals surface area contributed by atoms with E-state index in [4.69, 9.17) is 16.3 Å². The van der Waals surface area contributed by atoms with E-state index in [1.165, 1.54) is 69.8 Å². The number of alkyl halides is 1. The molecule has 2 aliphatic carbocycles. The quantitative estimate of drug-likeness (QED) is 0.576. The highest BCUT2D eigenvalue weighted by atomic mass is 35.5. The van der Waals surface area contributed by atoms with Crippen molar-refractivity contribution in [3.05, 3.63) is 29.8 Å². The van der Waals surface area contributed by atoms with Crippen molar-refractivity contribution in [1.82, 2.24) is 0 Å². The Labute approximate surface area is 140 Å². The molecule has 0 saturated heterocycles. The Bertz CT molecular complexity index is 412. The van der Waals surface area contributed by atoms with E-state index in [-0.39, 0.29) is 0 Å². The molecule has 0 aliphatic heterocycles. The molecule has 0 radical (unpaired) electrons. The molecule has 0 bridgehead atoms. The van der Waals surface area contributed by atoms with E-state index in [0.717, 1.165) is 17.6 Å². The first-order valence-electron chi connectivity index (χ1n) is 9.18. The van der Waals surface area contributed by atoms with Crippen LogP contribution >= 0.6 is 11.6 Å². The van der Waals surface area contributed by atoms with Crippen LogP contribution in [0.25, 0.3) is 0 Å². The summed E-state index contributed by atoms with van der Waals surface area (Å²) in [5.74, 6) is 3.15. The van der Waals surface area contributed by atoms with Gasteiger partial charge in [-0.15, -0.1) is 11.6 Å². The molecule has 1 nitrogen and oxygen atoms in total. The normalized spacial score (nSPS) is 21.2. The van der Waals surface area contributed by atoms with Crippen molar-refractivity contribution in [2.45, 2.75) is 76.2 Å². The summed E-state index contributed by atoms with van der Waals surface area (Å²) in [5.41, 5.74) is 1.17. The van der Waals surface area contributed by atoms with Crippen LogP contribution in [0.5, 0.6) is 5.75 Å². The van der Waals surface area contributed by atoms with Crippen molar-refractivity contribution in [2.24, 2.45) is 11.8 Å². The lowest BCUT2D eigenvalue weighted by molar-refractivity contribution is 0.0390. The Kier molecular flexibility index (Phi) is 6.06. The minimum atomic E-state index is 0.433. The topological polar surface area (TPSA) is 9.23 Å². The van der Waals surface area contributed by atoms with Crippen LogP contribution < -0.4 is 4.74 Å². The molecule has 0 spiro atoms. The van der Waals surface area contributed by atoms with Crippen molar-refractivity contribution in [3.63, 3.8) is 0 Å². The van der Waals surface area contributed by atoms with E-state index in [1.807, 2.05) is 0 Å². The van der Waals surface area contributed by atoms with Crippen LogP contribution in [0.3, 0.4) is 0 Å². The first-order chi connectivity index (χ1) is 10.9. The standard InChI is InChI=1S/C20H29ClO/c21-15-16-11-13-19(14-12-16)22-20(17-7-3-1-4-8-17)18-9-5-2-6-10-18/h11-14,17-18,20H,1-10,15H2. The van der Waals surface area contributed by atoms with Gasteiger partial charge in [-0.05, 0) is 55.2 Å². The van der Waals surface area contributed by atoms with Crippen molar-refractivity contribution in [3.8, 4) is 5.75 Å². The number of benzene rings is 1. The second-order valence-corrected chi connectivity index (χ2v) is 7.42. The zero-order chi connectivity index (χ0) is 15.2. The molecule has 1 aromatic carbocycles. The lowest BCUT2D eigenvalue weighted by Crippen LogP contribution is -2.37. The maximum Gasteiger partial charge on any atom is 0.119 e. The highest BCUT2D eigenvalue weighted by molar-refractivity contribution is 6.17. The first kappa shape index (κ1) is 16.2. The smallest absolute Gasteiger partial charge is 0.119 e. The Morgan fingerprint density at radius 2 is 1.32 bits per heavy atom. The van der Waals surface area contributed by atoms with Crippen LogP contribution in [0.2, 0.25) is 0 Å². The minimum Gasteiger partial charge on any atom is -0.490 e. The van der Waals surface area contributed by atoms with Crippen molar-refractivity contribution in [2.75, 3.05) is 0 Å². The molecular formula is C20H29ClO. The van der Waals surface area contributed by atoms with Crippen LogP contribution in [0.1, 0.15) is 69.8 Å². The summed E-state index contributed by atoms with van der Waals surface area (Å²) in [6.07, 6.45) is 14.3. The molecule has 0 aromatic heterocycles. The molecule has 2 saturated carbocycles. The maximum atomic E-state index is 6.55. The van der Waals surface area contributed by atoms with Crippen LogP contribution in [0.15, 0.2) is 24.3 Å². The number of halogens is 1. The Hall–Kier alpha value is -0.690. The fraction of sp³-hybridized carbons (Fsp3) is 0.700. The van der Waals surface area contributed by atoms with Gasteiger partial charge in [-0.3, -0.25) is 0 Å². The van der Waals surface area contributed by atoms with Gasteiger partial charge in [0.1, 0.15) is 11.9 Å². The summed E-state index contributed by atoms with van der Waals surface area (Å²) < 4.78 is 6.55. The zero-order valence-corrected chi connectivity index (χ0v) is 14.4. The van der Waals surface area contributed by atoms with Crippen molar-refractivity contribution in [1.29, 1.82) is 0 Å². The molecule has 22 heavy (non-hydrogen) atoms. The maximum absolute atomic E-state index is 6.55. The molecule has 0 atom stereocenters. The molecule has 0 N–H and O–H groups in total. The molecule has 122 valence electrons. The van der Waals surface area contributed by atoms with Gasteiger partial charge < -0.3 is 4.74 Å². The zero-order valence-electron chi connectivity index (χ0n) is 13.6. The van der Waals surface area contributed by atoms with Crippen LogP contribution in [0.4, 0.5) is 0 Å². The number of hydrogen-bond acceptors (Lipinski definition) is 1. The average Bonchev–Trinajstić information content (AvgIpc) is 2.62. The monoisotopic (exact) mass is 320 g/mol.